The molecule has 0 radical (unpaired) electrons. The van der Waals surface area contributed by atoms with Gasteiger partial charge in [0.15, 0.2) is 5.65 Å². The lowest BCUT2D eigenvalue weighted by molar-refractivity contribution is 0.862. The highest BCUT2D eigenvalue weighted by molar-refractivity contribution is 6.30. The van der Waals surface area contributed by atoms with E-state index in [4.69, 9.17) is 11.6 Å². The number of nitrogens with one attached hydrogen (secondary N) is 1. The molecule has 0 spiro atoms. The first kappa shape index (κ1) is 12.9. The Morgan fingerprint density at radius 3 is 2.65 bits per heavy atom. The van der Waals surface area contributed by atoms with Crippen LogP contribution >= 0.6 is 11.6 Å². The number of benzene rings is 1. The van der Waals surface area contributed by atoms with Gasteiger partial charge in [-0.05, 0) is 31.0 Å². The summed E-state index contributed by atoms with van der Waals surface area (Å²) in [6.07, 6.45) is 0.732. The molecule has 3 rings (SSSR count). The molecular weight excluding hydrogens is 274 g/mol. The number of aromatic nitrogens is 3. The Balaban J connectivity index is 2.34. The summed E-state index contributed by atoms with van der Waals surface area (Å²) in [6.45, 7) is 3.92. The fourth-order valence-corrected chi connectivity index (χ4v) is 2.47. The molecule has 2 aromatic heterocycles. The maximum absolute atomic E-state index is 12.1. The Hall–Kier alpha value is -2.07. The minimum Gasteiger partial charge on any atom is -0.293 e. The lowest BCUT2D eigenvalue weighted by Gasteiger charge is -2.02. The molecule has 2 heterocycles. The number of fused-ring (bicyclic) bond motifs is 1. The molecule has 0 aliphatic carbocycles. The van der Waals surface area contributed by atoms with Crippen molar-refractivity contribution in [3.63, 3.8) is 0 Å². The summed E-state index contributed by atoms with van der Waals surface area (Å²) in [5, 5.41) is 3.75. The fourth-order valence-electron chi connectivity index (χ4n) is 2.34. The molecule has 0 aliphatic rings. The van der Waals surface area contributed by atoms with E-state index < -0.39 is 0 Å². The molecule has 0 bridgehead atoms. The van der Waals surface area contributed by atoms with E-state index in [2.05, 4.69) is 10.1 Å². The Kier molecular flexibility index (Phi) is 3.10. The lowest BCUT2D eigenvalue weighted by Crippen LogP contribution is -2.15. The van der Waals surface area contributed by atoms with Crippen molar-refractivity contribution in [1.29, 1.82) is 0 Å². The maximum Gasteiger partial charge on any atom is 0.272 e. The molecule has 0 saturated heterocycles. The zero-order valence-corrected chi connectivity index (χ0v) is 12.0. The van der Waals surface area contributed by atoms with Crippen LogP contribution in [0, 0.1) is 6.92 Å². The van der Waals surface area contributed by atoms with Crippen molar-refractivity contribution < 1.29 is 0 Å². The van der Waals surface area contributed by atoms with Crippen LogP contribution in [0.2, 0.25) is 5.02 Å². The molecule has 1 aromatic carbocycles. The molecule has 3 aromatic rings. The van der Waals surface area contributed by atoms with Gasteiger partial charge >= 0.3 is 0 Å². The monoisotopic (exact) mass is 287 g/mol. The SMILES string of the molecule is CCc1cc(=O)n2[nH]c(C)c(-c3ccc(Cl)cc3)c2n1. The Bertz CT molecular complexity index is 831. The normalized spacial score (nSPS) is 11.2. The molecule has 0 amide bonds. The number of halogens is 1. The van der Waals surface area contributed by atoms with Gasteiger partial charge in [-0.25, -0.2) is 9.50 Å². The van der Waals surface area contributed by atoms with Gasteiger partial charge in [0, 0.05) is 28.0 Å². The number of nitrogens with zero attached hydrogens (tertiary/aromatic N) is 2. The number of H-pyrrole nitrogens is 1. The van der Waals surface area contributed by atoms with E-state index in [1.54, 1.807) is 6.07 Å². The second-order valence-corrected chi connectivity index (χ2v) is 5.15. The Labute approximate surface area is 121 Å². The highest BCUT2D eigenvalue weighted by atomic mass is 35.5. The van der Waals surface area contributed by atoms with Gasteiger partial charge in [0.05, 0.1) is 0 Å². The van der Waals surface area contributed by atoms with E-state index in [9.17, 15) is 4.79 Å². The highest BCUT2D eigenvalue weighted by Gasteiger charge is 2.14. The van der Waals surface area contributed by atoms with Crippen LogP contribution in [-0.4, -0.2) is 14.6 Å². The van der Waals surface area contributed by atoms with Crippen molar-refractivity contribution in [2.45, 2.75) is 20.3 Å². The first-order valence-electron chi connectivity index (χ1n) is 6.47. The number of hydrogen-bond acceptors (Lipinski definition) is 2. The van der Waals surface area contributed by atoms with E-state index in [1.807, 2.05) is 38.1 Å². The molecule has 102 valence electrons. The minimum atomic E-state index is -0.0878. The summed E-state index contributed by atoms with van der Waals surface area (Å²) in [5.74, 6) is 0. The largest absolute Gasteiger partial charge is 0.293 e. The third kappa shape index (κ3) is 2.02. The maximum atomic E-state index is 12.1. The van der Waals surface area contributed by atoms with E-state index in [0.717, 1.165) is 28.9 Å². The predicted molar refractivity (Wildman–Crippen MR) is 80.4 cm³/mol. The van der Waals surface area contributed by atoms with E-state index in [1.165, 1.54) is 4.52 Å². The van der Waals surface area contributed by atoms with Crippen LogP contribution in [0.25, 0.3) is 16.8 Å². The standard InChI is InChI=1S/C15H14ClN3O/c1-3-12-8-13(20)19-15(17-12)14(9(2)18-19)10-4-6-11(16)7-5-10/h4-8,18H,3H2,1-2H3. The Morgan fingerprint density at radius 2 is 2.00 bits per heavy atom. The van der Waals surface area contributed by atoms with Crippen LogP contribution < -0.4 is 5.56 Å². The van der Waals surface area contributed by atoms with Crippen LogP contribution in [0.3, 0.4) is 0 Å². The van der Waals surface area contributed by atoms with E-state index in [0.29, 0.717) is 10.7 Å². The van der Waals surface area contributed by atoms with Crippen LogP contribution in [0.4, 0.5) is 0 Å². The zero-order chi connectivity index (χ0) is 14.3. The first-order chi connectivity index (χ1) is 9.60. The summed E-state index contributed by atoms with van der Waals surface area (Å²) < 4.78 is 1.48. The number of aromatic amines is 1. The molecule has 0 aliphatic heterocycles. The number of rotatable bonds is 2. The average Bonchev–Trinajstić information content (AvgIpc) is 2.77. The van der Waals surface area contributed by atoms with Gasteiger partial charge in [0.1, 0.15) is 0 Å². The van der Waals surface area contributed by atoms with E-state index >= 15 is 0 Å². The van der Waals surface area contributed by atoms with Gasteiger partial charge < -0.3 is 0 Å². The van der Waals surface area contributed by atoms with Crippen molar-refractivity contribution in [1.82, 2.24) is 14.6 Å². The van der Waals surface area contributed by atoms with Crippen LogP contribution in [0.15, 0.2) is 35.1 Å². The van der Waals surface area contributed by atoms with Crippen molar-refractivity contribution in [2.24, 2.45) is 0 Å². The molecule has 0 unspecified atom stereocenters. The van der Waals surface area contributed by atoms with Crippen molar-refractivity contribution in [3.05, 3.63) is 57.1 Å². The van der Waals surface area contributed by atoms with Crippen LogP contribution in [0.1, 0.15) is 18.3 Å². The van der Waals surface area contributed by atoms with Crippen molar-refractivity contribution >= 4 is 17.2 Å². The smallest absolute Gasteiger partial charge is 0.272 e. The minimum absolute atomic E-state index is 0.0878. The second-order valence-electron chi connectivity index (χ2n) is 4.72. The van der Waals surface area contributed by atoms with Gasteiger partial charge in [-0.2, -0.15) is 0 Å². The molecular formula is C15H14ClN3O. The number of hydrogen-bond donors (Lipinski definition) is 1. The summed E-state index contributed by atoms with van der Waals surface area (Å²) in [7, 11) is 0. The summed E-state index contributed by atoms with van der Waals surface area (Å²) in [5.41, 5.74) is 4.21. The fraction of sp³-hybridized carbons (Fsp3) is 0.200. The summed E-state index contributed by atoms with van der Waals surface area (Å²) in [6, 6.07) is 9.10. The zero-order valence-electron chi connectivity index (χ0n) is 11.3. The topological polar surface area (TPSA) is 50.2 Å². The quantitative estimate of drug-likeness (QED) is 0.787. The van der Waals surface area contributed by atoms with Gasteiger partial charge in [-0.1, -0.05) is 30.7 Å². The molecule has 1 N–H and O–H groups in total. The second kappa shape index (κ2) is 4.80. The first-order valence-corrected chi connectivity index (χ1v) is 6.85. The molecule has 0 atom stereocenters. The van der Waals surface area contributed by atoms with Gasteiger partial charge in [0.2, 0.25) is 0 Å². The van der Waals surface area contributed by atoms with Gasteiger partial charge in [-0.15, -0.1) is 0 Å². The summed E-state index contributed by atoms with van der Waals surface area (Å²) in [4.78, 5) is 16.7. The lowest BCUT2D eigenvalue weighted by atomic mass is 10.1. The molecule has 5 heteroatoms. The van der Waals surface area contributed by atoms with Crippen LogP contribution in [-0.2, 0) is 6.42 Å². The van der Waals surface area contributed by atoms with Crippen LogP contribution in [0.5, 0.6) is 0 Å². The molecule has 0 saturated carbocycles. The molecule has 4 nitrogen and oxygen atoms in total. The van der Waals surface area contributed by atoms with Crippen molar-refractivity contribution in [3.8, 4) is 11.1 Å². The van der Waals surface area contributed by atoms with Gasteiger partial charge in [-0.3, -0.25) is 9.89 Å². The Morgan fingerprint density at radius 1 is 1.30 bits per heavy atom. The predicted octanol–water partition coefficient (Wildman–Crippen LogP) is 3.21. The average molecular weight is 288 g/mol. The third-order valence-corrected chi connectivity index (χ3v) is 3.60. The van der Waals surface area contributed by atoms with E-state index in [-0.39, 0.29) is 5.56 Å². The highest BCUT2D eigenvalue weighted by Crippen LogP contribution is 2.27. The molecule has 20 heavy (non-hydrogen) atoms. The van der Waals surface area contributed by atoms with Crippen molar-refractivity contribution in [2.75, 3.05) is 0 Å². The molecule has 0 fully saturated rings. The summed E-state index contributed by atoms with van der Waals surface area (Å²) >= 11 is 5.93. The van der Waals surface area contributed by atoms with Gasteiger partial charge in [0.25, 0.3) is 5.56 Å². The third-order valence-electron chi connectivity index (χ3n) is 3.35. The number of aryl methyl sites for hydroxylation is 2.